The molecular formula is C25H28N2O5. The van der Waals surface area contributed by atoms with Crippen molar-refractivity contribution in [3.8, 4) is 11.1 Å². The summed E-state index contributed by atoms with van der Waals surface area (Å²) >= 11 is 0. The first-order valence-electron chi connectivity index (χ1n) is 11.0. The van der Waals surface area contributed by atoms with E-state index in [1.165, 1.54) is 4.90 Å². The zero-order valence-electron chi connectivity index (χ0n) is 18.3. The first-order chi connectivity index (χ1) is 15.4. The van der Waals surface area contributed by atoms with Crippen LogP contribution < -0.4 is 5.32 Å². The Kier molecular flexibility index (Phi) is 6.17. The van der Waals surface area contributed by atoms with Gasteiger partial charge in [-0.1, -0.05) is 55.5 Å². The highest BCUT2D eigenvalue weighted by atomic mass is 16.5. The van der Waals surface area contributed by atoms with Crippen LogP contribution in [0.2, 0.25) is 0 Å². The van der Waals surface area contributed by atoms with Crippen molar-refractivity contribution in [2.24, 2.45) is 5.92 Å². The zero-order valence-corrected chi connectivity index (χ0v) is 18.3. The third-order valence-electron chi connectivity index (χ3n) is 6.52. The second-order valence-electron chi connectivity index (χ2n) is 8.63. The van der Waals surface area contributed by atoms with Crippen molar-refractivity contribution in [3.05, 3.63) is 59.7 Å². The molecule has 1 heterocycles. The lowest BCUT2D eigenvalue weighted by atomic mass is 9.90. The average molecular weight is 437 g/mol. The fraction of sp³-hybridized carbons (Fsp3) is 0.400. The van der Waals surface area contributed by atoms with Gasteiger partial charge in [0, 0.05) is 12.5 Å². The van der Waals surface area contributed by atoms with Crippen LogP contribution in [-0.4, -0.2) is 53.2 Å². The lowest BCUT2D eigenvalue weighted by Crippen LogP contribution is -2.57. The van der Waals surface area contributed by atoms with Crippen LogP contribution in [0.15, 0.2) is 48.5 Å². The molecule has 0 aromatic heterocycles. The van der Waals surface area contributed by atoms with Gasteiger partial charge in [0.1, 0.15) is 18.7 Å². The number of aliphatic carboxylic acids is 1. The summed E-state index contributed by atoms with van der Waals surface area (Å²) in [6.07, 6.45) is 0.813. The van der Waals surface area contributed by atoms with Gasteiger partial charge in [-0.2, -0.15) is 0 Å². The number of amides is 2. The van der Waals surface area contributed by atoms with E-state index in [0.717, 1.165) is 35.1 Å². The van der Waals surface area contributed by atoms with E-state index in [2.05, 4.69) is 17.4 Å². The molecule has 7 heteroatoms. The largest absolute Gasteiger partial charge is 0.480 e. The van der Waals surface area contributed by atoms with E-state index in [9.17, 15) is 19.5 Å². The number of piperidine rings is 1. The molecule has 7 nitrogen and oxygen atoms in total. The summed E-state index contributed by atoms with van der Waals surface area (Å²) < 4.78 is 5.51. The van der Waals surface area contributed by atoms with Gasteiger partial charge in [0.25, 0.3) is 0 Å². The summed E-state index contributed by atoms with van der Waals surface area (Å²) in [5.41, 5.74) is 4.49. The molecule has 1 saturated heterocycles. The molecule has 2 aromatic carbocycles. The Labute approximate surface area is 187 Å². The van der Waals surface area contributed by atoms with Gasteiger partial charge >= 0.3 is 12.1 Å². The number of carbonyl (C=O) groups is 3. The van der Waals surface area contributed by atoms with Crippen LogP contribution in [0.25, 0.3) is 11.1 Å². The molecule has 2 aliphatic rings. The van der Waals surface area contributed by atoms with Gasteiger partial charge < -0.3 is 20.1 Å². The molecule has 0 bridgehead atoms. The number of hydrogen-bond donors (Lipinski definition) is 2. The van der Waals surface area contributed by atoms with Crippen molar-refractivity contribution in [3.63, 3.8) is 0 Å². The van der Waals surface area contributed by atoms with Crippen molar-refractivity contribution in [2.75, 3.05) is 13.2 Å². The van der Waals surface area contributed by atoms with Crippen molar-refractivity contribution >= 4 is 18.0 Å². The third kappa shape index (κ3) is 4.07. The number of nitrogens with one attached hydrogen (secondary N) is 1. The molecule has 0 saturated carbocycles. The quantitative estimate of drug-likeness (QED) is 0.746. The highest BCUT2D eigenvalue weighted by Crippen LogP contribution is 2.44. The molecule has 2 amide bonds. The first-order valence-corrected chi connectivity index (χ1v) is 11.0. The maximum atomic E-state index is 12.9. The van der Waals surface area contributed by atoms with Gasteiger partial charge in [-0.15, -0.1) is 0 Å². The number of carboxylic acid groups (broad SMARTS) is 1. The summed E-state index contributed by atoms with van der Waals surface area (Å²) in [4.78, 5) is 38.4. The lowest BCUT2D eigenvalue weighted by Gasteiger charge is -2.38. The van der Waals surface area contributed by atoms with Crippen LogP contribution in [0.5, 0.6) is 0 Å². The Bertz CT molecular complexity index is 991. The van der Waals surface area contributed by atoms with Crippen molar-refractivity contribution in [1.29, 1.82) is 0 Å². The van der Waals surface area contributed by atoms with Crippen LogP contribution in [0, 0.1) is 5.92 Å². The number of carbonyl (C=O) groups excluding carboxylic acids is 2. The molecule has 32 heavy (non-hydrogen) atoms. The van der Waals surface area contributed by atoms with Crippen LogP contribution in [-0.2, 0) is 14.3 Å². The summed E-state index contributed by atoms with van der Waals surface area (Å²) in [6, 6.07) is 14.4. The van der Waals surface area contributed by atoms with Crippen LogP contribution in [0.1, 0.15) is 43.7 Å². The van der Waals surface area contributed by atoms with E-state index in [0.29, 0.717) is 6.54 Å². The molecular weight excluding hydrogens is 408 g/mol. The van der Waals surface area contributed by atoms with Crippen LogP contribution >= 0.6 is 0 Å². The minimum absolute atomic E-state index is 0.0708. The van der Waals surface area contributed by atoms with Gasteiger partial charge in [-0.25, -0.2) is 9.59 Å². The number of hydrogen-bond acceptors (Lipinski definition) is 4. The molecule has 3 unspecified atom stereocenters. The minimum Gasteiger partial charge on any atom is -0.480 e. The number of rotatable bonds is 5. The number of likely N-dealkylation sites (tertiary alicyclic amines) is 1. The number of benzene rings is 2. The molecule has 1 aliphatic heterocycles. The Hall–Kier alpha value is -3.35. The maximum Gasteiger partial charge on any atom is 0.407 e. The molecule has 0 spiro atoms. The summed E-state index contributed by atoms with van der Waals surface area (Å²) in [5.74, 6) is -1.62. The minimum atomic E-state index is -1.01. The molecule has 168 valence electrons. The van der Waals surface area contributed by atoms with Gasteiger partial charge in [-0.05, 0) is 47.9 Å². The predicted molar refractivity (Wildman–Crippen MR) is 119 cm³/mol. The van der Waals surface area contributed by atoms with E-state index in [1.54, 1.807) is 6.92 Å². The van der Waals surface area contributed by atoms with E-state index in [4.69, 9.17) is 4.74 Å². The van der Waals surface area contributed by atoms with Crippen LogP contribution in [0.4, 0.5) is 4.79 Å². The Balaban J connectivity index is 1.39. The highest BCUT2D eigenvalue weighted by Gasteiger charge is 2.39. The number of nitrogens with zero attached hydrogens (tertiary/aromatic N) is 1. The smallest absolute Gasteiger partial charge is 0.407 e. The summed E-state index contributed by atoms with van der Waals surface area (Å²) in [5, 5.41) is 12.1. The fourth-order valence-corrected chi connectivity index (χ4v) is 4.94. The molecule has 4 rings (SSSR count). The Morgan fingerprint density at radius 1 is 1.09 bits per heavy atom. The van der Waals surface area contributed by atoms with Crippen LogP contribution in [0.3, 0.4) is 0 Å². The number of carboxylic acids is 1. The second-order valence-corrected chi connectivity index (χ2v) is 8.63. The third-order valence-corrected chi connectivity index (χ3v) is 6.52. The molecule has 1 fully saturated rings. The Morgan fingerprint density at radius 2 is 1.69 bits per heavy atom. The number of alkyl carbamates (subject to hydrolysis) is 1. The second kappa shape index (κ2) is 9.02. The van der Waals surface area contributed by atoms with Gasteiger partial charge in [0.2, 0.25) is 5.91 Å². The van der Waals surface area contributed by atoms with Crippen molar-refractivity contribution in [1.82, 2.24) is 10.2 Å². The van der Waals surface area contributed by atoms with E-state index >= 15 is 0 Å². The summed E-state index contributed by atoms with van der Waals surface area (Å²) in [6.45, 7) is 3.92. The molecule has 0 radical (unpaired) electrons. The first kappa shape index (κ1) is 21.9. The number of ether oxygens (including phenoxy) is 1. The standard InChI is InChI=1S/C25H28N2O5/c1-15-8-7-13-27(22(15)24(29)30)23(28)16(2)26-25(31)32-14-21-19-11-5-3-9-17(19)18-10-4-6-12-20(18)21/h3-6,9-12,15-16,21-22H,7-8,13-14H2,1-2H3,(H,26,31)(H,29,30). The lowest BCUT2D eigenvalue weighted by molar-refractivity contribution is -0.155. The normalized spacial score (nSPS) is 20.8. The SMILES string of the molecule is CC(NC(=O)OCC1c2ccccc2-c2ccccc21)C(=O)N1CCCC(C)C1C(=O)O. The van der Waals surface area contributed by atoms with Gasteiger partial charge in [-0.3, -0.25) is 4.79 Å². The maximum absolute atomic E-state index is 12.9. The topological polar surface area (TPSA) is 95.9 Å². The predicted octanol–water partition coefficient (Wildman–Crippen LogP) is 3.63. The fourth-order valence-electron chi connectivity index (χ4n) is 4.94. The monoisotopic (exact) mass is 436 g/mol. The highest BCUT2D eigenvalue weighted by molar-refractivity contribution is 5.89. The Morgan fingerprint density at radius 3 is 2.28 bits per heavy atom. The van der Waals surface area contributed by atoms with Crippen molar-refractivity contribution in [2.45, 2.75) is 44.7 Å². The molecule has 2 N–H and O–H groups in total. The molecule has 2 aromatic rings. The van der Waals surface area contributed by atoms with E-state index in [1.807, 2.05) is 43.3 Å². The summed E-state index contributed by atoms with van der Waals surface area (Å²) in [7, 11) is 0. The average Bonchev–Trinajstić information content (AvgIpc) is 3.10. The van der Waals surface area contributed by atoms with E-state index < -0.39 is 30.1 Å². The van der Waals surface area contributed by atoms with Gasteiger partial charge in [0.05, 0.1) is 0 Å². The van der Waals surface area contributed by atoms with Crippen molar-refractivity contribution < 1.29 is 24.2 Å². The zero-order chi connectivity index (χ0) is 22.8. The van der Waals surface area contributed by atoms with Gasteiger partial charge in [0.15, 0.2) is 0 Å². The van der Waals surface area contributed by atoms with E-state index in [-0.39, 0.29) is 18.4 Å². The molecule has 3 atom stereocenters. The number of fused-ring (bicyclic) bond motifs is 3. The molecule has 1 aliphatic carbocycles.